The van der Waals surface area contributed by atoms with Gasteiger partial charge in [0.05, 0.1) is 0 Å². The summed E-state index contributed by atoms with van der Waals surface area (Å²) in [5.41, 5.74) is 3.06. The van der Waals surface area contributed by atoms with Gasteiger partial charge in [0.2, 0.25) is 5.91 Å². The lowest BCUT2D eigenvalue weighted by molar-refractivity contribution is -0.111. The molecule has 3 rings (SSSR count). The third-order valence-corrected chi connectivity index (χ3v) is 4.39. The van der Waals surface area contributed by atoms with Crippen LogP contribution in [0.1, 0.15) is 4.88 Å². The van der Waals surface area contributed by atoms with Gasteiger partial charge in [0.15, 0.2) is 0 Å². The summed E-state index contributed by atoms with van der Waals surface area (Å²) >= 11 is 7.43. The maximum atomic E-state index is 11.9. The molecule has 23 heavy (non-hydrogen) atoms. The van der Waals surface area contributed by atoms with E-state index in [1.807, 2.05) is 24.3 Å². The van der Waals surface area contributed by atoms with Crippen molar-refractivity contribution >= 4 is 40.6 Å². The first-order valence-corrected chi connectivity index (χ1v) is 8.35. The Balaban J connectivity index is 1.65. The van der Waals surface area contributed by atoms with Crippen LogP contribution in [0.5, 0.6) is 0 Å². The number of hydrogen-bond acceptors (Lipinski definition) is 2. The monoisotopic (exact) mass is 339 g/mol. The first kappa shape index (κ1) is 15.5. The van der Waals surface area contributed by atoms with Crippen LogP contribution in [-0.4, -0.2) is 5.91 Å². The molecule has 0 unspecified atom stereocenters. The van der Waals surface area contributed by atoms with E-state index in [-0.39, 0.29) is 5.91 Å². The molecule has 0 aliphatic carbocycles. The summed E-state index contributed by atoms with van der Waals surface area (Å²) in [7, 11) is 0. The van der Waals surface area contributed by atoms with Crippen molar-refractivity contribution in [2.75, 3.05) is 5.32 Å². The molecule has 114 valence electrons. The van der Waals surface area contributed by atoms with E-state index in [0.717, 1.165) is 16.1 Å². The molecular formula is C19H14ClNOS. The zero-order valence-electron chi connectivity index (χ0n) is 12.2. The molecule has 0 aliphatic rings. The number of anilines is 1. The predicted octanol–water partition coefficient (Wildman–Crippen LogP) is 5.72. The van der Waals surface area contributed by atoms with E-state index < -0.39 is 0 Å². The molecule has 0 bridgehead atoms. The van der Waals surface area contributed by atoms with Crippen molar-refractivity contribution in [3.63, 3.8) is 0 Å². The van der Waals surface area contributed by atoms with Gasteiger partial charge in [-0.25, -0.2) is 0 Å². The predicted molar refractivity (Wildman–Crippen MR) is 98.9 cm³/mol. The van der Waals surface area contributed by atoms with Gasteiger partial charge in [-0.15, -0.1) is 11.3 Å². The van der Waals surface area contributed by atoms with Crippen molar-refractivity contribution in [2.24, 2.45) is 0 Å². The third kappa shape index (κ3) is 4.31. The first-order chi connectivity index (χ1) is 11.2. The first-order valence-electron chi connectivity index (χ1n) is 7.09. The quantitative estimate of drug-likeness (QED) is 0.605. The Labute approximate surface area is 144 Å². The van der Waals surface area contributed by atoms with E-state index in [1.54, 1.807) is 35.6 Å². The summed E-state index contributed by atoms with van der Waals surface area (Å²) in [5, 5.41) is 5.53. The van der Waals surface area contributed by atoms with E-state index in [9.17, 15) is 4.79 Å². The number of carbonyl (C=O) groups is 1. The van der Waals surface area contributed by atoms with Crippen LogP contribution in [0.25, 0.3) is 17.2 Å². The van der Waals surface area contributed by atoms with Gasteiger partial charge >= 0.3 is 0 Å². The number of carbonyl (C=O) groups excluding carboxylic acids is 1. The number of amides is 1. The zero-order chi connectivity index (χ0) is 16.1. The second kappa shape index (κ2) is 7.27. The van der Waals surface area contributed by atoms with Gasteiger partial charge in [0.1, 0.15) is 0 Å². The van der Waals surface area contributed by atoms with Crippen molar-refractivity contribution in [3.8, 4) is 11.1 Å². The fraction of sp³-hybridized carbons (Fsp3) is 0. The van der Waals surface area contributed by atoms with E-state index in [1.165, 1.54) is 11.6 Å². The number of thiophene rings is 1. The smallest absolute Gasteiger partial charge is 0.248 e. The SMILES string of the molecule is O=C(/C=C/c1cc(-c2ccccc2)cs1)Nc1ccc(Cl)cc1. The van der Waals surface area contributed by atoms with Gasteiger partial charge in [-0.1, -0.05) is 41.9 Å². The molecule has 1 aromatic heterocycles. The second-order valence-corrected chi connectivity index (χ2v) is 6.31. The zero-order valence-corrected chi connectivity index (χ0v) is 13.8. The standard InChI is InChI=1S/C19H14ClNOS/c20-16-6-8-17(9-7-16)21-19(22)11-10-18-12-15(13-23-18)14-4-2-1-3-5-14/h1-13H,(H,21,22)/b11-10+. The van der Waals surface area contributed by atoms with Crippen LogP contribution in [0, 0.1) is 0 Å². The van der Waals surface area contributed by atoms with Crippen molar-refractivity contribution in [3.05, 3.63) is 82.0 Å². The Bertz CT molecular complexity index is 822. The minimum absolute atomic E-state index is 0.165. The Kier molecular flexibility index (Phi) is 4.91. The van der Waals surface area contributed by atoms with Crippen LogP contribution in [0.15, 0.2) is 72.1 Å². The largest absolute Gasteiger partial charge is 0.323 e. The molecular weight excluding hydrogens is 326 g/mol. The molecule has 0 atom stereocenters. The van der Waals surface area contributed by atoms with Gasteiger partial charge in [-0.2, -0.15) is 0 Å². The minimum Gasteiger partial charge on any atom is -0.323 e. The Hall–Kier alpha value is -2.36. The Morgan fingerprint density at radius 2 is 1.74 bits per heavy atom. The molecule has 1 amide bonds. The molecule has 0 radical (unpaired) electrons. The Morgan fingerprint density at radius 3 is 2.48 bits per heavy atom. The topological polar surface area (TPSA) is 29.1 Å². The van der Waals surface area contributed by atoms with Crippen LogP contribution < -0.4 is 5.32 Å². The van der Waals surface area contributed by atoms with Crippen LogP contribution >= 0.6 is 22.9 Å². The Morgan fingerprint density at radius 1 is 1.00 bits per heavy atom. The highest BCUT2D eigenvalue weighted by Gasteiger charge is 2.01. The van der Waals surface area contributed by atoms with Crippen LogP contribution in [0.2, 0.25) is 5.02 Å². The normalized spacial score (nSPS) is 10.8. The van der Waals surface area contributed by atoms with Crippen molar-refractivity contribution in [1.82, 2.24) is 0 Å². The van der Waals surface area contributed by atoms with Gasteiger partial charge < -0.3 is 5.32 Å². The lowest BCUT2D eigenvalue weighted by Gasteiger charge is -2.01. The molecule has 4 heteroatoms. The highest BCUT2D eigenvalue weighted by molar-refractivity contribution is 7.11. The molecule has 0 spiro atoms. The summed E-state index contributed by atoms with van der Waals surface area (Å²) in [5.74, 6) is -0.165. The van der Waals surface area contributed by atoms with Crippen molar-refractivity contribution in [2.45, 2.75) is 0 Å². The van der Waals surface area contributed by atoms with Crippen LogP contribution in [0.3, 0.4) is 0 Å². The number of halogens is 1. The average Bonchev–Trinajstić information content (AvgIpc) is 3.05. The molecule has 2 nitrogen and oxygen atoms in total. The van der Waals surface area contributed by atoms with Gasteiger partial charge in [0, 0.05) is 21.7 Å². The minimum atomic E-state index is -0.165. The van der Waals surface area contributed by atoms with E-state index in [0.29, 0.717) is 5.02 Å². The van der Waals surface area contributed by atoms with E-state index in [4.69, 9.17) is 11.6 Å². The number of hydrogen-bond donors (Lipinski definition) is 1. The average molecular weight is 340 g/mol. The summed E-state index contributed by atoms with van der Waals surface area (Å²) in [4.78, 5) is 13.0. The lowest BCUT2D eigenvalue weighted by atomic mass is 10.1. The maximum Gasteiger partial charge on any atom is 0.248 e. The van der Waals surface area contributed by atoms with Gasteiger partial charge in [0.25, 0.3) is 0 Å². The van der Waals surface area contributed by atoms with Gasteiger partial charge in [-0.05, 0) is 52.9 Å². The molecule has 1 heterocycles. The fourth-order valence-electron chi connectivity index (χ4n) is 2.10. The van der Waals surface area contributed by atoms with E-state index in [2.05, 4.69) is 28.9 Å². The highest BCUT2D eigenvalue weighted by atomic mass is 35.5. The fourth-order valence-corrected chi connectivity index (χ4v) is 3.03. The van der Waals surface area contributed by atoms with Crippen molar-refractivity contribution < 1.29 is 4.79 Å². The molecule has 1 N–H and O–H groups in total. The van der Waals surface area contributed by atoms with Crippen LogP contribution in [0.4, 0.5) is 5.69 Å². The maximum absolute atomic E-state index is 11.9. The summed E-state index contributed by atoms with van der Waals surface area (Å²) in [6.07, 6.45) is 3.36. The number of benzene rings is 2. The molecule has 0 aliphatic heterocycles. The number of nitrogens with one attached hydrogen (secondary N) is 1. The molecule has 2 aromatic carbocycles. The third-order valence-electron chi connectivity index (χ3n) is 3.24. The van der Waals surface area contributed by atoms with E-state index >= 15 is 0 Å². The molecule has 0 saturated heterocycles. The highest BCUT2D eigenvalue weighted by Crippen LogP contribution is 2.26. The molecule has 0 saturated carbocycles. The molecule has 3 aromatic rings. The molecule has 0 fully saturated rings. The van der Waals surface area contributed by atoms with Crippen LogP contribution in [-0.2, 0) is 4.79 Å². The van der Waals surface area contributed by atoms with Crippen molar-refractivity contribution in [1.29, 1.82) is 0 Å². The number of rotatable bonds is 4. The lowest BCUT2D eigenvalue weighted by Crippen LogP contribution is -2.07. The summed E-state index contributed by atoms with van der Waals surface area (Å²) in [6, 6.07) is 19.3. The van der Waals surface area contributed by atoms with Gasteiger partial charge in [-0.3, -0.25) is 4.79 Å². The summed E-state index contributed by atoms with van der Waals surface area (Å²) in [6.45, 7) is 0. The second-order valence-electron chi connectivity index (χ2n) is 4.93. The summed E-state index contributed by atoms with van der Waals surface area (Å²) < 4.78 is 0.